The highest BCUT2D eigenvalue weighted by molar-refractivity contribution is 7.98. The molecule has 4 nitrogen and oxygen atoms in total. The third-order valence-corrected chi connectivity index (χ3v) is 3.63. The van der Waals surface area contributed by atoms with Crippen molar-refractivity contribution in [2.75, 3.05) is 30.0 Å². The van der Waals surface area contributed by atoms with Crippen molar-refractivity contribution in [3.63, 3.8) is 0 Å². The van der Waals surface area contributed by atoms with Crippen LogP contribution in [0, 0.1) is 0 Å². The van der Waals surface area contributed by atoms with E-state index in [1.54, 1.807) is 11.8 Å². The van der Waals surface area contributed by atoms with E-state index in [-0.39, 0.29) is 0 Å². The minimum atomic E-state index is 0.814. The highest BCUT2D eigenvalue weighted by Gasteiger charge is 2.02. The first-order chi connectivity index (χ1) is 9.80. The third-order valence-electron chi connectivity index (χ3n) is 3.08. The van der Waals surface area contributed by atoms with Gasteiger partial charge in [0.15, 0.2) is 5.16 Å². The first kappa shape index (κ1) is 17.1. The molecule has 0 fully saturated rings. The predicted octanol–water partition coefficient (Wildman–Crippen LogP) is 4.40. The zero-order valence-corrected chi connectivity index (χ0v) is 13.9. The van der Waals surface area contributed by atoms with Crippen molar-refractivity contribution in [3.8, 4) is 0 Å². The van der Waals surface area contributed by atoms with Crippen LogP contribution in [0.3, 0.4) is 0 Å². The molecule has 0 bridgehead atoms. The Labute approximate surface area is 127 Å². The fourth-order valence-electron chi connectivity index (χ4n) is 2.00. The van der Waals surface area contributed by atoms with E-state index in [1.807, 2.05) is 12.3 Å². The van der Waals surface area contributed by atoms with Crippen LogP contribution in [-0.2, 0) is 0 Å². The zero-order chi connectivity index (χ0) is 14.6. The van der Waals surface area contributed by atoms with Gasteiger partial charge in [0.05, 0.1) is 0 Å². The summed E-state index contributed by atoms with van der Waals surface area (Å²) in [6.45, 7) is 6.19. The maximum Gasteiger partial charge on any atom is 0.191 e. The Morgan fingerprint density at radius 2 is 1.60 bits per heavy atom. The summed E-state index contributed by atoms with van der Waals surface area (Å²) >= 11 is 1.57. The summed E-state index contributed by atoms with van der Waals surface area (Å²) in [7, 11) is 0. The molecule has 0 radical (unpaired) electrons. The standard InChI is InChI=1S/C15H28N4S/c1-4-6-7-8-9-10-11-17-14-12-13(16-5-2)18-15(19-14)20-3/h12H,4-11H2,1-3H3,(H2,16,17,18,19). The largest absolute Gasteiger partial charge is 0.370 e. The molecule has 1 aromatic heterocycles. The Hall–Kier alpha value is -0.970. The number of anilines is 2. The molecule has 0 aliphatic rings. The second-order valence-electron chi connectivity index (χ2n) is 4.85. The van der Waals surface area contributed by atoms with E-state index in [1.165, 1.54) is 38.5 Å². The van der Waals surface area contributed by atoms with E-state index < -0.39 is 0 Å². The van der Waals surface area contributed by atoms with E-state index in [9.17, 15) is 0 Å². The first-order valence-corrected chi connectivity index (χ1v) is 8.93. The number of unbranched alkanes of at least 4 members (excludes halogenated alkanes) is 5. The molecule has 20 heavy (non-hydrogen) atoms. The molecular weight excluding hydrogens is 268 g/mol. The van der Waals surface area contributed by atoms with E-state index in [2.05, 4.69) is 34.4 Å². The fraction of sp³-hybridized carbons (Fsp3) is 0.733. The summed E-state index contributed by atoms with van der Waals surface area (Å²) in [5.74, 6) is 1.83. The van der Waals surface area contributed by atoms with Gasteiger partial charge < -0.3 is 10.6 Å². The van der Waals surface area contributed by atoms with Crippen LogP contribution < -0.4 is 10.6 Å². The minimum absolute atomic E-state index is 0.814. The van der Waals surface area contributed by atoms with Crippen molar-refractivity contribution in [1.29, 1.82) is 0 Å². The molecule has 0 saturated heterocycles. The van der Waals surface area contributed by atoms with Gasteiger partial charge in [-0.2, -0.15) is 0 Å². The zero-order valence-electron chi connectivity index (χ0n) is 13.0. The topological polar surface area (TPSA) is 49.8 Å². The molecule has 1 aromatic rings. The van der Waals surface area contributed by atoms with Gasteiger partial charge in [-0.05, 0) is 19.6 Å². The van der Waals surface area contributed by atoms with Gasteiger partial charge in [0.1, 0.15) is 11.6 Å². The number of nitrogens with one attached hydrogen (secondary N) is 2. The lowest BCUT2D eigenvalue weighted by molar-refractivity contribution is 0.616. The number of aromatic nitrogens is 2. The summed E-state index contributed by atoms with van der Waals surface area (Å²) in [5.41, 5.74) is 0. The van der Waals surface area contributed by atoms with Crippen molar-refractivity contribution >= 4 is 23.4 Å². The van der Waals surface area contributed by atoms with Gasteiger partial charge in [-0.25, -0.2) is 9.97 Å². The van der Waals surface area contributed by atoms with Gasteiger partial charge in [0.25, 0.3) is 0 Å². The molecule has 0 aliphatic carbocycles. The monoisotopic (exact) mass is 296 g/mol. The molecule has 0 spiro atoms. The van der Waals surface area contributed by atoms with Gasteiger partial charge in [-0.3, -0.25) is 0 Å². The van der Waals surface area contributed by atoms with Crippen LogP contribution in [-0.4, -0.2) is 29.3 Å². The van der Waals surface area contributed by atoms with Crippen LogP contribution in [0.4, 0.5) is 11.6 Å². The van der Waals surface area contributed by atoms with E-state index in [0.29, 0.717) is 0 Å². The van der Waals surface area contributed by atoms with Crippen molar-refractivity contribution < 1.29 is 0 Å². The molecule has 0 saturated carbocycles. The molecule has 0 aliphatic heterocycles. The second kappa shape index (κ2) is 10.8. The Balaban J connectivity index is 2.33. The Bertz CT molecular complexity index is 371. The average molecular weight is 296 g/mol. The number of hydrogen-bond acceptors (Lipinski definition) is 5. The van der Waals surface area contributed by atoms with E-state index in [0.717, 1.165) is 29.9 Å². The minimum Gasteiger partial charge on any atom is -0.370 e. The van der Waals surface area contributed by atoms with E-state index in [4.69, 9.17) is 0 Å². The van der Waals surface area contributed by atoms with Crippen LogP contribution in [0.25, 0.3) is 0 Å². The molecule has 2 N–H and O–H groups in total. The summed E-state index contributed by atoms with van der Waals surface area (Å²) in [4.78, 5) is 8.90. The van der Waals surface area contributed by atoms with Gasteiger partial charge in [-0.1, -0.05) is 50.8 Å². The van der Waals surface area contributed by atoms with Crippen molar-refractivity contribution in [2.24, 2.45) is 0 Å². The lowest BCUT2D eigenvalue weighted by Gasteiger charge is -2.09. The molecule has 0 aromatic carbocycles. The van der Waals surface area contributed by atoms with Gasteiger partial charge in [0.2, 0.25) is 0 Å². The van der Waals surface area contributed by atoms with Gasteiger partial charge in [0, 0.05) is 19.2 Å². The molecule has 1 heterocycles. The Morgan fingerprint density at radius 3 is 2.25 bits per heavy atom. The maximum atomic E-state index is 4.48. The Kier molecular flexibility index (Phi) is 9.20. The molecule has 1 rings (SSSR count). The molecule has 114 valence electrons. The third kappa shape index (κ3) is 6.98. The predicted molar refractivity (Wildman–Crippen MR) is 89.8 cm³/mol. The Morgan fingerprint density at radius 1 is 0.950 bits per heavy atom. The highest BCUT2D eigenvalue weighted by atomic mass is 32.2. The van der Waals surface area contributed by atoms with Crippen molar-refractivity contribution in [2.45, 2.75) is 57.5 Å². The van der Waals surface area contributed by atoms with Crippen LogP contribution >= 0.6 is 11.8 Å². The number of thioether (sulfide) groups is 1. The van der Waals surface area contributed by atoms with Crippen molar-refractivity contribution in [3.05, 3.63) is 6.07 Å². The summed E-state index contributed by atoms with van der Waals surface area (Å²) in [5, 5.41) is 7.46. The first-order valence-electron chi connectivity index (χ1n) is 7.71. The molecule has 0 atom stereocenters. The van der Waals surface area contributed by atoms with Crippen LogP contribution in [0.2, 0.25) is 0 Å². The van der Waals surface area contributed by atoms with Crippen LogP contribution in [0.15, 0.2) is 11.2 Å². The summed E-state index contributed by atoms with van der Waals surface area (Å²) in [6, 6.07) is 1.99. The molecule has 0 unspecified atom stereocenters. The number of hydrogen-bond donors (Lipinski definition) is 2. The van der Waals surface area contributed by atoms with E-state index >= 15 is 0 Å². The fourth-order valence-corrected chi connectivity index (χ4v) is 2.38. The number of rotatable bonds is 11. The highest BCUT2D eigenvalue weighted by Crippen LogP contribution is 2.17. The normalized spacial score (nSPS) is 10.6. The van der Waals surface area contributed by atoms with Gasteiger partial charge in [-0.15, -0.1) is 0 Å². The molecule has 0 amide bonds. The smallest absolute Gasteiger partial charge is 0.191 e. The lowest BCUT2D eigenvalue weighted by atomic mass is 10.1. The second-order valence-corrected chi connectivity index (χ2v) is 5.62. The number of nitrogens with zero attached hydrogens (tertiary/aromatic N) is 2. The quantitative estimate of drug-likeness (QED) is 0.360. The molecular formula is C15H28N4S. The van der Waals surface area contributed by atoms with Gasteiger partial charge >= 0.3 is 0 Å². The van der Waals surface area contributed by atoms with Crippen molar-refractivity contribution in [1.82, 2.24) is 9.97 Å². The SMILES string of the molecule is CCCCCCCCNc1cc(NCC)nc(SC)n1. The lowest BCUT2D eigenvalue weighted by Crippen LogP contribution is -2.07. The van der Waals surface area contributed by atoms with Crippen LogP contribution in [0.1, 0.15) is 52.4 Å². The molecule has 5 heteroatoms. The van der Waals surface area contributed by atoms with Crippen LogP contribution in [0.5, 0.6) is 0 Å². The average Bonchev–Trinajstić information content (AvgIpc) is 2.46. The summed E-state index contributed by atoms with van der Waals surface area (Å²) < 4.78 is 0. The summed E-state index contributed by atoms with van der Waals surface area (Å²) in [6.07, 6.45) is 9.89. The maximum absolute atomic E-state index is 4.48.